The third-order valence-corrected chi connectivity index (χ3v) is 4.07. The quantitative estimate of drug-likeness (QED) is 0.888. The molecule has 2 aromatic rings. The van der Waals surface area contributed by atoms with Gasteiger partial charge in [0, 0.05) is 37.6 Å². The van der Waals surface area contributed by atoms with Crippen LogP contribution in [0.3, 0.4) is 0 Å². The Balaban J connectivity index is 1.91. The van der Waals surface area contributed by atoms with Crippen LogP contribution in [0.15, 0.2) is 24.3 Å². The van der Waals surface area contributed by atoms with E-state index in [0.29, 0.717) is 6.04 Å². The van der Waals surface area contributed by atoms with E-state index in [1.54, 1.807) is 0 Å². The van der Waals surface area contributed by atoms with Crippen molar-refractivity contribution in [3.8, 4) is 0 Å². The van der Waals surface area contributed by atoms with Crippen LogP contribution in [0.5, 0.6) is 0 Å². The highest BCUT2D eigenvalue weighted by Crippen LogP contribution is 2.21. The molecular weight excluding hydrogens is 236 g/mol. The molecule has 0 atom stereocenters. The molecule has 1 aromatic heterocycles. The monoisotopic (exact) mass is 258 g/mol. The first-order valence-corrected chi connectivity index (χ1v) is 7.22. The number of aromatic nitrogens is 2. The Kier molecular flexibility index (Phi) is 3.53. The predicted molar refractivity (Wildman–Crippen MR) is 78.1 cm³/mol. The number of aryl methyl sites for hydroxylation is 1. The highest BCUT2D eigenvalue weighted by Gasteiger charge is 2.24. The van der Waals surface area contributed by atoms with Crippen molar-refractivity contribution in [3.63, 3.8) is 0 Å². The van der Waals surface area contributed by atoms with E-state index in [4.69, 9.17) is 5.10 Å². The van der Waals surface area contributed by atoms with Gasteiger partial charge in [-0.25, -0.2) is 0 Å². The van der Waals surface area contributed by atoms with Crippen LogP contribution in [0.25, 0.3) is 10.9 Å². The van der Waals surface area contributed by atoms with E-state index in [1.165, 1.54) is 16.6 Å². The number of hydrogen-bond acceptors (Lipinski definition) is 3. The summed E-state index contributed by atoms with van der Waals surface area (Å²) in [4.78, 5) is 2.52. The summed E-state index contributed by atoms with van der Waals surface area (Å²) in [6, 6.07) is 9.23. The number of likely N-dealkylation sites (N-methyl/N-ethyl adjacent to an activating group) is 1. The van der Waals surface area contributed by atoms with E-state index in [-0.39, 0.29) is 0 Å². The van der Waals surface area contributed by atoms with Gasteiger partial charge in [0.05, 0.1) is 11.2 Å². The van der Waals surface area contributed by atoms with E-state index in [2.05, 4.69) is 53.0 Å². The minimum Gasteiger partial charge on any atom is -0.314 e. The molecule has 3 rings (SSSR count). The molecule has 19 heavy (non-hydrogen) atoms. The predicted octanol–water partition coefficient (Wildman–Crippen LogP) is 1.85. The Hall–Kier alpha value is -1.39. The first-order valence-electron chi connectivity index (χ1n) is 7.22. The fraction of sp³-hybridized carbons (Fsp3) is 0.533. The van der Waals surface area contributed by atoms with Crippen molar-refractivity contribution in [2.45, 2.75) is 33.0 Å². The molecule has 1 aliphatic rings. The van der Waals surface area contributed by atoms with Gasteiger partial charge < -0.3 is 5.32 Å². The highest BCUT2D eigenvalue weighted by molar-refractivity contribution is 5.81. The van der Waals surface area contributed by atoms with E-state index < -0.39 is 0 Å². The van der Waals surface area contributed by atoms with Crippen molar-refractivity contribution in [1.29, 1.82) is 0 Å². The summed E-state index contributed by atoms with van der Waals surface area (Å²) in [6.07, 6.45) is 0. The standard InChI is InChI=1S/C15H22N4/c1-3-18(12-9-16-10-12)11-14-13-7-5-6-8-15(13)19(4-2)17-14/h5-8,12,16H,3-4,9-11H2,1-2H3. The molecule has 102 valence electrons. The second kappa shape index (κ2) is 5.31. The molecule has 1 aliphatic heterocycles. The van der Waals surface area contributed by atoms with Gasteiger partial charge in [0.1, 0.15) is 0 Å². The zero-order valence-electron chi connectivity index (χ0n) is 11.8. The second-order valence-corrected chi connectivity index (χ2v) is 5.15. The van der Waals surface area contributed by atoms with Gasteiger partial charge in [-0.1, -0.05) is 25.1 Å². The fourth-order valence-electron chi connectivity index (χ4n) is 2.78. The van der Waals surface area contributed by atoms with E-state index in [9.17, 15) is 0 Å². The molecule has 1 fully saturated rings. The molecule has 2 heterocycles. The first-order chi connectivity index (χ1) is 9.33. The molecule has 0 unspecified atom stereocenters. The highest BCUT2D eigenvalue weighted by atomic mass is 15.3. The lowest BCUT2D eigenvalue weighted by atomic mass is 10.1. The first kappa shape index (κ1) is 12.6. The van der Waals surface area contributed by atoms with E-state index in [0.717, 1.165) is 32.7 Å². The Bertz CT molecular complexity index is 556. The Labute approximate surface area is 114 Å². The van der Waals surface area contributed by atoms with Gasteiger partial charge in [-0.15, -0.1) is 0 Å². The lowest BCUT2D eigenvalue weighted by Gasteiger charge is -2.37. The Morgan fingerprint density at radius 1 is 1.32 bits per heavy atom. The third-order valence-electron chi connectivity index (χ3n) is 4.07. The van der Waals surface area contributed by atoms with Crippen molar-refractivity contribution in [3.05, 3.63) is 30.0 Å². The average molecular weight is 258 g/mol. The molecule has 0 bridgehead atoms. The van der Waals surface area contributed by atoms with E-state index in [1.807, 2.05) is 0 Å². The number of rotatable bonds is 5. The molecule has 0 saturated carbocycles. The van der Waals surface area contributed by atoms with Crippen LogP contribution in [-0.2, 0) is 13.1 Å². The van der Waals surface area contributed by atoms with Crippen LogP contribution in [0, 0.1) is 0 Å². The summed E-state index contributed by atoms with van der Waals surface area (Å²) in [6.45, 7) is 9.57. The zero-order chi connectivity index (χ0) is 13.2. The number of nitrogens with zero attached hydrogens (tertiary/aromatic N) is 3. The maximum atomic E-state index is 4.79. The van der Waals surface area contributed by atoms with Gasteiger partial charge in [-0.2, -0.15) is 5.10 Å². The number of benzene rings is 1. The molecular formula is C15H22N4. The van der Waals surface area contributed by atoms with Crippen LogP contribution in [-0.4, -0.2) is 40.4 Å². The van der Waals surface area contributed by atoms with Crippen molar-refractivity contribution >= 4 is 10.9 Å². The van der Waals surface area contributed by atoms with Crippen molar-refractivity contribution in [2.24, 2.45) is 0 Å². The Morgan fingerprint density at radius 2 is 2.11 bits per heavy atom. The lowest BCUT2D eigenvalue weighted by Crippen LogP contribution is -2.56. The topological polar surface area (TPSA) is 33.1 Å². The maximum absolute atomic E-state index is 4.79. The summed E-state index contributed by atoms with van der Waals surface area (Å²) in [7, 11) is 0. The molecule has 0 radical (unpaired) electrons. The molecule has 4 nitrogen and oxygen atoms in total. The fourth-order valence-corrected chi connectivity index (χ4v) is 2.78. The second-order valence-electron chi connectivity index (χ2n) is 5.15. The Morgan fingerprint density at radius 3 is 2.74 bits per heavy atom. The molecule has 0 spiro atoms. The molecule has 0 amide bonds. The summed E-state index contributed by atoms with van der Waals surface area (Å²) >= 11 is 0. The molecule has 1 saturated heterocycles. The normalized spacial score (nSPS) is 16.2. The van der Waals surface area contributed by atoms with Gasteiger partial charge in [0.25, 0.3) is 0 Å². The summed E-state index contributed by atoms with van der Waals surface area (Å²) in [5.74, 6) is 0. The molecule has 1 aromatic carbocycles. The van der Waals surface area contributed by atoms with Gasteiger partial charge in [-0.3, -0.25) is 9.58 Å². The smallest absolute Gasteiger partial charge is 0.0843 e. The zero-order valence-corrected chi connectivity index (χ0v) is 11.8. The maximum Gasteiger partial charge on any atom is 0.0843 e. The minimum atomic E-state index is 0.676. The third kappa shape index (κ3) is 2.26. The van der Waals surface area contributed by atoms with Gasteiger partial charge >= 0.3 is 0 Å². The number of nitrogens with one attached hydrogen (secondary N) is 1. The van der Waals surface area contributed by atoms with Gasteiger partial charge in [0.15, 0.2) is 0 Å². The number of fused-ring (bicyclic) bond motifs is 1. The van der Waals surface area contributed by atoms with Crippen LogP contribution in [0.2, 0.25) is 0 Å². The summed E-state index contributed by atoms with van der Waals surface area (Å²) in [5.41, 5.74) is 2.47. The minimum absolute atomic E-state index is 0.676. The van der Waals surface area contributed by atoms with Crippen LogP contribution < -0.4 is 5.32 Å². The van der Waals surface area contributed by atoms with Gasteiger partial charge in [-0.05, 0) is 19.5 Å². The van der Waals surface area contributed by atoms with Crippen LogP contribution in [0.1, 0.15) is 19.5 Å². The van der Waals surface area contributed by atoms with Crippen molar-refractivity contribution < 1.29 is 0 Å². The number of para-hydroxylation sites is 1. The SMILES string of the molecule is CCN(Cc1nn(CC)c2ccccc12)C1CNC1. The number of hydrogen-bond donors (Lipinski definition) is 1. The largest absolute Gasteiger partial charge is 0.314 e. The van der Waals surface area contributed by atoms with Crippen LogP contribution >= 0.6 is 0 Å². The molecule has 0 aliphatic carbocycles. The van der Waals surface area contributed by atoms with E-state index >= 15 is 0 Å². The average Bonchev–Trinajstić information content (AvgIpc) is 2.74. The van der Waals surface area contributed by atoms with Crippen LogP contribution in [0.4, 0.5) is 0 Å². The van der Waals surface area contributed by atoms with Crippen molar-refractivity contribution in [2.75, 3.05) is 19.6 Å². The molecule has 4 heteroatoms. The summed E-state index contributed by atoms with van der Waals surface area (Å²) in [5, 5.41) is 9.44. The van der Waals surface area contributed by atoms with Crippen molar-refractivity contribution in [1.82, 2.24) is 20.0 Å². The van der Waals surface area contributed by atoms with Gasteiger partial charge in [0.2, 0.25) is 0 Å². The lowest BCUT2D eigenvalue weighted by molar-refractivity contribution is 0.144. The summed E-state index contributed by atoms with van der Waals surface area (Å²) < 4.78 is 2.11. The molecule has 1 N–H and O–H groups in total.